The largest absolute Gasteiger partial charge is 0.366 e. The van der Waals surface area contributed by atoms with Crippen molar-refractivity contribution in [1.82, 2.24) is 4.98 Å². The molecule has 2 aromatic rings. The van der Waals surface area contributed by atoms with Gasteiger partial charge in [0.1, 0.15) is 11.6 Å². The summed E-state index contributed by atoms with van der Waals surface area (Å²) in [7, 11) is 0. The van der Waals surface area contributed by atoms with E-state index < -0.39 is 0 Å². The van der Waals surface area contributed by atoms with E-state index in [9.17, 15) is 4.39 Å². The summed E-state index contributed by atoms with van der Waals surface area (Å²) < 4.78 is 13.0. The minimum absolute atomic E-state index is 0.105. The van der Waals surface area contributed by atoms with Crippen LogP contribution in [0.1, 0.15) is 31.9 Å². The minimum atomic E-state index is -0.213. The topological polar surface area (TPSA) is 24.9 Å². The molecule has 0 saturated heterocycles. The van der Waals surface area contributed by atoms with Crippen LogP contribution in [0.4, 0.5) is 10.2 Å². The Kier molecular flexibility index (Phi) is 3.84. The van der Waals surface area contributed by atoms with E-state index in [1.54, 1.807) is 6.07 Å². The Morgan fingerprint density at radius 2 is 1.95 bits per heavy atom. The van der Waals surface area contributed by atoms with Gasteiger partial charge in [-0.1, -0.05) is 39.0 Å². The summed E-state index contributed by atoms with van der Waals surface area (Å²) in [5.41, 5.74) is 2.21. The van der Waals surface area contributed by atoms with Crippen LogP contribution in [0.3, 0.4) is 0 Å². The van der Waals surface area contributed by atoms with E-state index in [4.69, 9.17) is 0 Å². The average Bonchev–Trinajstić information content (AvgIpc) is 2.36. The van der Waals surface area contributed by atoms with Crippen LogP contribution >= 0.6 is 0 Å². The molecule has 0 aliphatic heterocycles. The molecular formula is C16H19FN2. The molecule has 0 aliphatic rings. The van der Waals surface area contributed by atoms with Crippen LogP contribution in [0.25, 0.3) is 0 Å². The highest BCUT2D eigenvalue weighted by Crippen LogP contribution is 2.22. The zero-order valence-corrected chi connectivity index (χ0v) is 11.6. The normalized spacial score (nSPS) is 11.4. The van der Waals surface area contributed by atoms with Crippen molar-refractivity contribution in [2.75, 3.05) is 5.32 Å². The van der Waals surface area contributed by atoms with Gasteiger partial charge in [0.25, 0.3) is 0 Å². The van der Waals surface area contributed by atoms with Gasteiger partial charge in [-0.3, -0.25) is 0 Å². The molecular weight excluding hydrogens is 239 g/mol. The van der Waals surface area contributed by atoms with E-state index in [2.05, 4.69) is 37.1 Å². The van der Waals surface area contributed by atoms with Crippen LogP contribution in [0, 0.1) is 5.82 Å². The highest BCUT2D eigenvalue weighted by molar-refractivity contribution is 5.38. The van der Waals surface area contributed by atoms with Crippen molar-refractivity contribution in [2.45, 2.75) is 32.7 Å². The number of nitrogens with one attached hydrogen (secondary N) is 1. The van der Waals surface area contributed by atoms with E-state index in [-0.39, 0.29) is 11.2 Å². The molecule has 0 spiro atoms. The maximum absolute atomic E-state index is 13.0. The van der Waals surface area contributed by atoms with Crippen LogP contribution in [-0.4, -0.2) is 4.98 Å². The zero-order chi connectivity index (χ0) is 13.9. The van der Waals surface area contributed by atoms with Gasteiger partial charge >= 0.3 is 0 Å². The van der Waals surface area contributed by atoms with E-state index in [1.165, 1.54) is 17.7 Å². The molecule has 0 unspecified atom stereocenters. The van der Waals surface area contributed by atoms with Crippen LogP contribution in [0.2, 0.25) is 0 Å². The summed E-state index contributed by atoms with van der Waals surface area (Å²) in [5, 5.41) is 3.19. The van der Waals surface area contributed by atoms with Gasteiger partial charge in [-0.25, -0.2) is 9.37 Å². The lowest BCUT2D eigenvalue weighted by Gasteiger charge is -2.18. The molecule has 0 saturated carbocycles. The third kappa shape index (κ3) is 3.78. The highest BCUT2D eigenvalue weighted by atomic mass is 19.1. The molecule has 0 bridgehead atoms. The van der Waals surface area contributed by atoms with Gasteiger partial charge < -0.3 is 5.32 Å². The van der Waals surface area contributed by atoms with E-state index in [0.29, 0.717) is 6.54 Å². The Labute approximate surface area is 113 Å². The van der Waals surface area contributed by atoms with E-state index in [0.717, 1.165) is 11.4 Å². The van der Waals surface area contributed by atoms with Gasteiger partial charge in [0.15, 0.2) is 0 Å². The van der Waals surface area contributed by atoms with Gasteiger partial charge in [0.05, 0.1) is 0 Å². The molecule has 1 N–H and O–H groups in total. The fourth-order valence-corrected chi connectivity index (χ4v) is 1.78. The molecule has 0 atom stereocenters. The fraction of sp³-hybridized carbons (Fsp3) is 0.312. The quantitative estimate of drug-likeness (QED) is 0.895. The molecule has 3 heteroatoms. The Hall–Kier alpha value is -1.90. The standard InChI is InChI=1S/C16H19FN2/c1-16(2,3)13-7-8-15(19-11-13)18-10-12-5-4-6-14(17)9-12/h4-9,11H,10H2,1-3H3,(H,18,19). The van der Waals surface area contributed by atoms with Gasteiger partial charge in [0, 0.05) is 12.7 Å². The van der Waals surface area contributed by atoms with Crippen molar-refractivity contribution in [3.63, 3.8) is 0 Å². The fourth-order valence-electron chi connectivity index (χ4n) is 1.78. The number of rotatable bonds is 3. The molecule has 19 heavy (non-hydrogen) atoms. The maximum Gasteiger partial charge on any atom is 0.126 e. The number of pyridine rings is 1. The molecule has 0 aliphatic carbocycles. The molecule has 1 aromatic carbocycles. The van der Waals surface area contributed by atoms with Crippen molar-refractivity contribution in [1.29, 1.82) is 0 Å². The molecule has 1 heterocycles. The summed E-state index contributed by atoms with van der Waals surface area (Å²) >= 11 is 0. The lowest BCUT2D eigenvalue weighted by molar-refractivity contribution is 0.587. The number of hydrogen-bond donors (Lipinski definition) is 1. The number of halogens is 1. The first-order chi connectivity index (χ1) is 8.95. The molecule has 0 fully saturated rings. The van der Waals surface area contributed by atoms with Crippen molar-refractivity contribution in [3.8, 4) is 0 Å². The zero-order valence-electron chi connectivity index (χ0n) is 11.6. The SMILES string of the molecule is CC(C)(C)c1ccc(NCc2cccc(F)c2)nc1. The number of aromatic nitrogens is 1. The van der Waals surface area contributed by atoms with Crippen LogP contribution in [0.5, 0.6) is 0 Å². The van der Waals surface area contributed by atoms with E-state index in [1.807, 2.05) is 18.3 Å². The molecule has 0 radical (unpaired) electrons. The van der Waals surface area contributed by atoms with Crippen LogP contribution in [-0.2, 0) is 12.0 Å². The van der Waals surface area contributed by atoms with Crippen molar-refractivity contribution in [3.05, 3.63) is 59.5 Å². The Morgan fingerprint density at radius 1 is 1.16 bits per heavy atom. The first-order valence-electron chi connectivity index (χ1n) is 6.40. The van der Waals surface area contributed by atoms with Gasteiger partial charge in [0.2, 0.25) is 0 Å². The Bertz CT molecular complexity index is 541. The van der Waals surface area contributed by atoms with Crippen LogP contribution in [0.15, 0.2) is 42.6 Å². The first-order valence-corrected chi connectivity index (χ1v) is 6.40. The second-order valence-electron chi connectivity index (χ2n) is 5.67. The monoisotopic (exact) mass is 258 g/mol. The summed E-state index contributed by atoms with van der Waals surface area (Å²) in [4.78, 5) is 4.38. The molecule has 100 valence electrons. The van der Waals surface area contributed by atoms with Crippen molar-refractivity contribution in [2.24, 2.45) is 0 Å². The first kappa shape index (κ1) is 13.5. The summed E-state index contributed by atoms with van der Waals surface area (Å²) in [6, 6.07) is 10.6. The lowest BCUT2D eigenvalue weighted by atomic mass is 9.88. The summed E-state index contributed by atoms with van der Waals surface area (Å²) in [6.45, 7) is 7.04. The molecule has 0 amide bonds. The van der Waals surface area contributed by atoms with Gasteiger partial charge in [-0.15, -0.1) is 0 Å². The summed E-state index contributed by atoms with van der Waals surface area (Å²) in [5.74, 6) is 0.590. The van der Waals surface area contributed by atoms with Gasteiger partial charge in [-0.05, 0) is 34.7 Å². The highest BCUT2D eigenvalue weighted by Gasteiger charge is 2.13. The third-order valence-electron chi connectivity index (χ3n) is 2.99. The molecule has 1 aromatic heterocycles. The number of anilines is 1. The number of nitrogens with zero attached hydrogens (tertiary/aromatic N) is 1. The Balaban J connectivity index is 2.01. The maximum atomic E-state index is 13.0. The predicted octanol–water partition coefficient (Wildman–Crippen LogP) is 4.13. The number of hydrogen-bond acceptors (Lipinski definition) is 2. The smallest absolute Gasteiger partial charge is 0.126 e. The second-order valence-corrected chi connectivity index (χ2v) is 5.67. The third-order valence-corrected chi connectivity index (χ3v) is 2.99. The molecule has 2 rings (SSSR count). The minimum Gasteiger partial charge on any atom is -0.366 e. The van der Waals surface area contributed by atoms with E-state index >= 15 is 0 Å². The van der Waals surface area contributed by atoms with Crippen LogP contribution < -0.4 is 5.32 Å². The predicted molar refractivity (Wildman–Crippen MR) is 76.7 cm³/mol. The lowest BCUT2D eigenvalue weighted by Crippen LogP contribution is -2.11. The summed E-state index contributed by atoms with van der Waals surface area (Å²) in [6.07, 6.45) is 1.88. The Morgan fingerprint density at radius 3 is 2.53 bits per heavy atom. The van der Waals surface area contributed by atoms with Crippen molar-refractivity contribution < 1.29 is 4.39 Å². The molecule has 2 nitrogen and oxygen atoms in total. The van der Waals surface area contributed by atoms with Gasteiger partial charge in [-0.2, -0.15) is 0 Å². The number of benzene rings is 1. The average molecular weight is 258 g/mol. The van der Waals surface area contributed by atoms with Crippen molar-refractivity contribution >= 4 is 5.82 Å². The second kappa shape index (κ2) is 5.39.